The molecular weight excluding hydrogens is 219 g/mol. The number of hydrogen-bond donors (Lipinski definition) is 0. The summed E-state index contributed by atoms with van der Waals surface area (Å²) >= 11 is 0. The molecule has 1 saturated heterocycles. The number of piperidine rings is 1. The number of nitrogens with zero attached hydrogens (tertiary/aromatic N) is 2. The summed E-state index contributed by atoms with van der Waals surface area (Å²) in [4.78, 5) is 17.5. The predicted octanol–water partition coefficient (Wildman–Crippen LogP) is 2.48. The first-order chi connectivity index (χ1) is 8.09. The Labute approximate surface area is 101 Å². The Bertz CT molecular complexity index is 422. The second-order valence-electron chi connectivity index (χ2n) is 4.82. The topological polar surface area (TPSA) is 33.2 Å². The maximum Gasteiger partial charge on any atom is 0.258 e. The minimum absolute atomic E-state index is 0.0777. The lowest BCUT2D eigenvalue weighted by Gasteiger charge is -2.36. The molecule has 1 aliphatic rings. The van der Waals surface area contributed by atoms with Crippen LogP contribution in [0.4, 0.5) is 4.39 Å². The molecule has 1 aliphatic heterocycles. The van der Waals surface area contributed by atoms with Crippen LogP contribution < -0.4 is 0 Å². The number of carbonyl (C=O) groups excluding carboxylic acids is 1. The molecule has 4 heteroatoms. The van der Waals surface area contributed by atoms with Gasteiger partial charge in [-0.1, -0.05) is 6.92 Å². The van der Waals surface area contributed by atoms with E-state index in [1.54, 1.807) is 11.0 Å². The molecule has 1 amide bonds. The van der Waals surface area contributed by atoms with Crippen molar-refractivity contribution >= 4 is 5.91 Å². The van der Waals surface area contributed by atoms with Crippen molar-refractivity contribution in [2.45, 2.75) is 32.7 Å². The zero-order valence-corrected chi connectivity index (χ0v) is 10.2. The highest BCUT2D eigenvalue weighted by Crippen LogP contribution is 2.24. The first-order valence-corrected chi connectivity index (χ1v) is 6.01. The lowest BCUT2D eigenvalue weighted by molar-refractivity contribution is 0.0583. The lowest BCUT2D eigenvalue weighted by Crippen LogP contribution is -2.44. The van der Waals surface area contributed by atoms with Crippen LogP contribution in [0.1, 0.15) is 37.0 Å². The quantitative estimate of drug-likeness (QED) is 0.702. The highest BCUT2D eigenvalue weighted by Gasteiger charge is 2.28. The molecular formula is C13H17FN2O. The molecule has 1 fully saturated rings. The fourth-order valence-electron chi connectivity index (χ4n) is 2.41. The van der Waals surface area contributed by atoms with Crippen molar-refractivity contribution in [3.8, 4) is 0 Å². The maximum absolute atomic E-state index is 13.4. The molecule has 2 heterocycles. The van der Waals surface area contributed by atoms with E-state index in [-0.39, 0.29) is 17.5 Å². The Morgan fingerprint density at radius 2 is 2.29 bits per heavy atom. The molecule has 92 valence electrons. The van der Waals surface area contributed by atoms with Gasteiger partial charge in [-0.3, -0.25) is 4.79 Å². The molecule has 0 aromatic carbocycles. The Kier molecular flexibility index (Phi) is 3.41. The van der Waals surface area contributed by atoms with Crippen molar-refractivity contribution in [1.29, 1.82) is 0 Å². The van der Waals surface area contributed by atoms with Gasteiger partial charge in [0.25, 0.3) is 5.91 Å². The van der Waals surface area contributed by atoms with Gasteiger partial charge in [-0.15, -0.1) is 0 Å². The number of pyridine rings is 1. The van der Waals surface area contributed by atoms with Gasteiger partial charge in [0.1, 0.15) is 0 Å². The SMILES string of the molecule is CC1CCN(C(=O)c2cccnc2F)C(C)C1. The van der Waals surface area contributed by atoms with E-state index in [4.69, 9.17) is 0 Å². The van der Waals surface area contributed by atoms with E-state index >= 15 is 0 Å². The number of aromatic nitrogens is 1. The van der Waals surface area contributed by atoms with Crippen LogP contribution >= 0.6 is 0 Å². The number of rotatable bonds is 1. The third-order valence-electron chi connectivity index (χ3n) is 3.39. The molecule has 3 nitrogen and oxygen atoms in total. The summed E-state index contributed by atoms with van der Waals surface area (Å²) in [5.41, 5.74) is 0.0777. The average molecular weight is 236 g/mol. The minimum atomic E-state index is -0.677. The highest BCUT2D eigenvalue weighted by atomic mass is 19.1. The third kappa shape index (κ3) is 2.46. The van der Waals surface area contributed by atoms with Crippen LogP contribution in [0, 0.1) is 11.9 Å². The maximum atomic E-state index is 13.4. The molecule has 1 aromatic rings. The van der Waals surface area contributed by atoms with Crippen molar-refractivity contribution in [3.05, 3.63) is 29.8 Å². The Morgan fingerprint density at radius 3 is 2.94 bits per heavy atom. The number of halogens is 1. The molecule has 2 atom stereocenters. The Morgan fingerprint density at radius 1 is 1.53 bits per heavy atom. The van der Waals surface area contributed by atoms with Gasteiger partial charge in [0.2, 0.25) is 5.95 Å². The second kappa shape index (κ2) is 4.82. The standard InChI is InChI=1S/C13H17FN2O/c1-9-5-7-16(10(2)8-9)13(17)11-4-3-6-15-12(11)14/h3-4,6,9-10H,5,7-8H2,1-2H3. The van der Waals surface area contributed by atoms with Gasteiger partial charge < -0.3 is 4.90 Å². The summed E-state index contributed by atoms with van der Waals surface area (Å²) in [5, 5.41) is 0. The third-order valence-corrected chi connectivity index (χ3v) is 3.39. The van der Waals surface area contributed by atoms with E-state index in [1.807, 2.05) is 6.92 Å². The van der Waals surface area contributed by atoms with Gasteiger partial charge in [0.05, 0.1) is 5.56 Å². The van der Waals surface area contributed by atoms with Crippen LogP contribution in [0.3, 0.4) is 0 Å². The molecule has 0 bridgehead atoms. The largest absolute Gasteiger partial charge is 0.336 e. The molecule has 2 unspecified atom stereocenters. The molecule has 0 saturated carbocycles. The summed E-state index contributed by atoms with van der Waals surface area (Å²) in [6.07, 6.45) is 3.32. The van der Waals surface area contributed by atoms with Crippen LogP contribution in [0.25, 0.3) is 0 Å². The number of carbonyl (C=O) groups is 1. The van der Waals surface area contributed by atoms with Gasteiger partial charge in [-0.05, 0) is 37.8 Å². The molecule has 17 heavy (non-hydrogen) atoms. The fraction of sp³-hybridized carbons (Fsp3) is 0.538. The van der Waals surface area contributed by atoms with Crippen molar-refractivity contribution < 1.29 is 9.18 Å². The first-order valence-electron chi connectivity index (χ1n) is 6.01. The Hall–Kier alpha value is -1.45. The van der Waals surface area contributed by atoms with Gasteiger partial charge in [0, 0.05) is 18.8 Å². The summed E-state index contributed by atoms with van der Waals surface area (Å²) < 4.78 is 13.4. The van der Waals surface area contributed by atoms with Gasteiger partial charge in [-0.2, -0.15) is 4.39 Å². The van der Waals surface area contributed by atoms with E-state index < -0.39 is 5.95 Å². The molecule has 0 spiro atoms. The molecule has 2 rings (SSSR count). The van der Waals surface area contributed by atoms with Crippen LogP contribution in [-0.2, 0) is 0 Å². The summed E-state index contributed by atoms with van der Waals surface area (Å²) in [6, 6.07) is 3.26. The van der Waals surface area contributed by atoms with Gasteiger partial charge in [-0.25, -0.2) is 4.98 Å². The number of hydrogen-bond acceptors (Lipinski definition) is 2. The van der Waals surface area contributed by atoms with Crippen LogP contribution in [0.15, 0.2) is 18.3 Å². The monoisotopic (exact) mass is 236 g/mol. The van der Waals surface area contributed by atoms with Crippen LogP contribution in [-0.4, -0.2) is 28.4 Å². The fourth-order valence-corrected chi connectivity index (χ4v) is 2.41. The van der Waals surface area contributed by atoms with Crippen molar-refractivity contribution in [2.24, 2.45) is 5.92 Å². The van der Waals surface area contributed by atoms with E-state index in [0.717, 1.165) is 12.8 Å². The second-order valence-corrected chi connectivity index (χ2v) is 4.82. The lowest BCUT2D eigenvalue weighted by atomic mass is 9.93. The molecule has 0 radical (unpaired) electrons. The van der Waals surface area contributed by atoms with Crippen LogP contribution in [0.5, 0.6) is 0 Å². The average Bonchev–Trinajstić information content (AvgIpc) is 2.29. The van der Waals surface area contributed by atoms with E-state index in [1.165, 1.54) is 12.3 Å². The predicted molar refractivity (Wildman–Crippen MR) is 63.1 cm³/mol. The summed E-state index contributed by atoms with van der Waals surface area (Å²) in [7, 11) is 0. The zero-order valence-electron chi connectivity index (χ0n) is 10.2. The molecule has 1 aromatic heterocycles. The van der Waals surface area contributed by atoms with Crippen molar-refractivity contribution in [3.63, 3.8) is 0 Å². The highest BCUT2D eigenvalue weighted by molar-refractivity contribution is 5.94. The van der Waals surface area contributed by atoms with Crippen molar-refractivity contribution in [2.75, 3.05) is 6.54 Å². The van der Waals surface area contributed by atoms with Crippen molar-refractivity contribution in [1.82, 2.24) is 9.88 Å². The van der Waals surface area contributed by atoms with E-state index in [0.29, 0.717) is 12.5 Å². The van der Waals surface area contributed by atoms with Crippen LogP contribution in [0.2, 0.25) is 0 Å². The summed E-state index contributed by atoms with van der Waals surface area (Å²) in [6.45, 7) is 4.90. The zero-order chi connectivity index (χ0) is 12.4. The van der Waals surface area contributed by atoms with Gasteiger partial charge >= 0.3 is 0 Å². The number of likely N-dealkylation sites (tertiary alicyclic amines) is 1. The minimum Gasteiger partial charge on any atom is -0.336 e. The van der Waals surface area contributed by atoms with E-state index in [9.17, 15) is 9.18 Å². The van der Waals surface area contributed by atoms with Gasteiger partial charge in [0.15, 0.2) is 0 Å². The molecule has 0 aliphatic carbocycles. The molecule has 0 N–H and O–H groups in total. The normalized spacial score (nSPS) is 24.8. The Balaban J connectivity index is 2.18. The van der Waals surface area contributed by atoms with E-state index in [2.05, 4.69) is 11.9 Å². The summed E-state index contributed by atoms with van der Waals surface area (Å²) in [5.74, 6) is -0.286. The smallest absolute Gasteiger partial charge is 0.258 e. The number of amides is 1. The first kappa shape index (κ1) is 12.0.